The Bertz CT molecular complexity index is 541. The molecule has 1 saturated heterocycles. The van der Waals surface area contributed by atoms with Gasteiger partial charge in [0.15, 0.2) is 5.96 Å². The van der Waals surface area contributed by atoms with Crippen LogP contribution in [0.5, 0.6) is 0 Å². The topological polar surface area (TPSA) is 58.5 Å². The maximum atomic E-state index is 5.81. The van der Waals surface area contributed by atoms with E-state index >= 15 is 0 Å². The molecule has 0 saturated carbocycles. The molecule has 0 bridgehead atoms. The quantitative estimate of drug-likeness (QED) is 0.610. The highest BCUT2D eigenvalue weighted by Crippen LogP contribution is 2.25. The van der Waals surface area contributed by atoms with Gasteiger partial charge in [-0.1, -0.05) is 20.8 Å². The first kappa shape index (κ1) is 19.2. The highest BCUT2D eigenvalue weighted by atomic mass is 32.1. The first-order valence-electron chi connectivity index (χ1n) is 8.93. The van der Waals surface area contributed by atoms with Gasteiger partial charge in [-0.25, -0.2) is 4.98 Å². The van der Waals surface area contributed by atoms with Crippen LogP contribution >= 0.6 is 11.3 Å². The van der Waals surface area contributed by atoms with E-state index in [0.717, 1.165) is 44.9 Å². The number of rotatable bonds is 6. The van der Waals surface area contributed by atoms with Crippen LogP contribution in [0.2, 0.25) is 0 Å². The first-order valence-corrected chi connectivity index (χ1v) is 9.81. The van der Waals surface area contributed by atoms with E-state index in [-0.39, 0.29) is 11.0 Å². The number of guanidine groups is 1. The molecule has 0 spiro atoms. The molecule has 1 unspecified atom stereocenters. The lowest BCUT2D eigenvalue weighted by molar-refractivity contribution is 0.0283. The number of hydrogen-bond donors (Lipinski definition) is 2. The summed E-state index contributed by atoms with van der Waals surface area (Å²) in [6, 6.07) is 0. The Balaban J connectivity index is 1.83. The lowest BCUT2D eigenvalue weighted by Gasteiger charge is -2.21. The van der Waals surface area contributed by atoms with Crippen molar-refractivity contribution >= 4 is 17.3 Å². The largest absolute Gasteiger partial charge is 0.373 e. The third kappa shape index (κ3) is 5.74. The van der Waals surface area contributed by atoms with Crippen LogP contribution in [0.15, 0.2) is 10.4 Å². The molecule has 0 amide bonds. The maximum Gasteiger partial charge on any atom is 0.191 e. The first-order chi connectivity index (χ1) is 11.3. The highest BCUT2D eigenvalue weighted by molar-refractivity contribution is 7.09. The molecule has 6 heteroatoms. The van der Waals surface area contributed by atoms with Crippen molar-refractivity contribution in [1.29, 1.82) is 0 Å². The predicted octanol–water partition coefficient (Wildman–Crippen LogP) is 3.11. The average Bonchev–Trinajstić information content (AvgIpc) is 3.14. The molecule has 136 valence electrons. The van der Waals surface area contributed by atoms with Crippen molar-refractivity contribution in [1.82, 2.24) is 15.6 Å². The van der Waals surface area contributed by atoms with Crippen LogP contribution in [0, 0.1) is 0 Å². The number of nitrogens with one attached hydrogen (secondary N) is 2. The minimum absolute atomic E-state index is 0.0979. The van der Waals surface area contributed by atoms with E-state index in [9.17, 15) is 0 Å². The third-order valence-corrected chi connectivity index (χ3v) is 5.08. The molecule has 1 aliphatic rings. The fourth-order valence-electron chi connectivity index (χ4n) is 2.61. The molecule has 0 aliphatic carbocycles. The van der Waals surface area contributed by atoms with Crippen LogP contribution in [-0.4, -0.2) is 42.8 Å². The van der Waals surface area contributed by atoms with E-state index in [1.54, 1.807) is 11.3 Å². The summed E-state index contributed by atoms with van der Waals surface area (Å²) < 4.78 is 5.81. The standard InChI is InChI=1S/C18H32N4OS/c1-6-19-16(21-13-18(5)9-7-11-23-18)20-10-8-15-22-14(12-24-15)17(2,3)4/h12H,6-11,13H2,1-5H3,(H2,19,20,21). The fourth-order valence-corrected chi connectivity index (χ4v) is 3.63. The Morgan fingerprint density at radius 2 is 2.21 bits per heavy atom. The summed E-state index contributed by atoms with van der Waals surface area (Å²) in [6.07, 6.45) is 3.14. The zero-order valence-corrected chi connectivity index (χ0v) is 16.6. The molecule has 2 rings (SSSR count). The molecule has 1 aromatic heterocycles. The Labute approximate surface area is 150 Å². The van der Waals surface area contributed by atoms with Crippen molar-refractivity contribution in [3.8, 4) is 0 Å². The van der Waals surface area contributed by atoms with E-state index in [1.807, 2.05) is 0 Å². The summed E-state index contributed by atoms with van der Waals surface area (Å²) in [4.78, 5) is 9.44. The molecule has 1 aliphatic heterocycles. The summed E-state index contributed by atoms with van der Waals surface area (Å²) in [5.74, 6) is 0.863. The van der Waals surface area contributed by atoms with Gasteiger partial charge >= 0.3 is 0 Å². The van der Waals surface area contributed by atoms with Crippen LogP contribution in [0.1, 0.15) is 58.2 Å². The van der Waals surface area contributed by atoms with E-state index in [0.29, 0.717) is 6.54 Å². The SMILES string of the molecule is CCNC(=NCC1(C)CCCO1)NCCc1nc(C(C)(C)C)cs1. The fraction of sp³-hybridized carbons (Fsp3) is 0.778. The van der Waals surface area contributed by atoms with Crippen LogP contribution in [0.4, 0.5) is 0 Å². The second-order valence-corrected chi connectivity index (χ2v) is 8.59. The van der Waals surface area contributed by atoms with E-state index in [4.69, 9.17) is 14.7 Å². The highest BCUT2D eigenvalue weighted by Gasteiger charge is 2.29. The molecule has 0 radical (unpaired) electrons. The van der Waals surface area contributed by atoms with Crippen molar-refractivity contribution in [3.05, 3.63) is 16.1 Å². The van der Waals surface area contributed by atoms with E-state index in [1.165, 1.54) is 10.7 Å². The van der Waals surface area contributed by atoms with Gasteiger partial charge in [0.25, 0.3) is 0 Å². The second kappa shape index (κ2) is 8.30. The molecule has 5 nitrogen and oxygen atoms in total. The zero-order chi connectivity index (χ0) is 17.6. The van der Waals surface area contributed by atoms with Gasteiger partial charge in [-0.2, -0.15) is 0 Å². The molecule has 2 N–H and O–H groups in total. The maximum absolute atomic E-state index is 5.81. The van der Waals surface area contributed by atoms with Gasteiger partial charge in [0, 0.05) is 36.9 Å². The van der Waals surface area contributed by atoms with Gasteiger partial charge in [0.05, 0.1) is 22.8 Å². The summed E-state index contributed by atoms with van der Waals surface area (Å²) in [5.41, 5.74) is 1.20. The van der Waals surface area contributed by atoms with Gasteiger partial charge < -0.3 is 15.4 Å². The lowest BCUT2D eigenvalue weighted by Crippen LogP contribution is -2.40. The molecular formula is C18H32N4OS. The van der Waals surface area contributed by atoms with Crippen molar-refractivity contribution in [2.24, 2.45) is 4.99 Å². The number of nitrogens with zero attached hydrogens (tertiary/aromatic N) is 2. The predicted molar refractivity (Wildman–Crippen MR) is 102 cm³/mol. The van der Waals surface area contributed by atoms with Crippen LogP contribution in [-0.2, 0) is 16.6 Å². The smallest absolute Gasteiger partial charge is 0.191 e. The van der Waals surface area contributed by atoms with Gasteiger partial charge in [-0.05, 0) is 26.7 Å². The molecule has 0 aromatic carbocycles. The molecule has 2 heterocycles. The molecule has 1 aromatic rings. The number of aliphatic imine (C=N–C) groups is 1. The number of hydrogen-bond acceptors (Lipinski definition) is 4. The number of ether oxygens (including phenoxy) is 1. The minimum Gasteiger partial charge on any atom is -0.373 e. The van der Waals surface area contributed by atoms with Gasteiger partial charge in [-0.15, -0.1) is 11.3 Å². The zero-order valence-electron chi connectivity index (χ0n) is 15.7. The number of thiazole rings is 1. The van der Waals surface area contributed by atoms with Gasteiger partial charge in [0.2, 0.25) is 0 Å². The molecule has 1 fully saturated rings. The van der Waals surface area contributed by atoms with Crippen molar-refractivity contribution in [2.45, 2.75) is 64.9 Å². The molecular weight excluding hydrogens is 320 g/mol. The van der Waals surface area contributed by atoms with Crippen LogP contribution in [0.25, 0.3) is 0 Å². The normalized spacial score (nSPS) is 22.0. The van der Waals surface area contributed by atoms with Gasteiger partial charge in [0.1, 0.15) is 0 Å². The van der Waals surface area contributed by atoms with Crippen molar-refractivity contribution < 1.29 is 4.74 Å². The third-order valence-electron chi connectivity index (χ3n) is 4.17. The summed E-state index contributed by atoms with van der Waals surface area (Å²) >= 11 is 1.74. The van der Waals surface area contributed by atoms with Gasteiger partial charge in [-0.3, -0.25) is 4.99 Å². The Kier molecular flexibility index (Phi) is 6.63. The Morgan fingerprint density at radius 1 is 1.42 bits per heavy atom. The van der Waals surface area contributed by atoms with Crippen molar-refractivity contribution in [2.75, 3.05) is 26.2 Å². The summed E-state index contributed by atoms with van der Waals surface area (Å²) in [7, 11) is 0. The van der Waals surface area contributed by atoms with Crippen LogP contribution < -0.4 is 10.6 Å². The molecule has 24 heavy (non-hydrogen) atoms. The Hall–Kier alpha value is -1.14. The average molecular weight is 353 g/mol. The Morgan fingerprint density at radius 3 is 2.79 bits per heavy atom. The van der Waals surface area contributed by atoms with E-state index in [2.05, 4.69) is 50.6 Å². The lowest BCUT2D eigenvalue weighted by atomic mass is 9.93. The van der Waals surface area contributed by atoms with E-state index < -0.39 is 0 Å². The van der Waals surface area contributed by atoms with Crippen LogP contribution in [0.3, 0.4) is 0 Å². The summed E-state index contributed by atoms with van der Waals surface area (Å²) in [5, 5.41) is 10.1. The number of aromatic nitrogens is 1. The second-order valence-electron chi connectivity index (χ2n) is 7.65. The minimum atomic E-state index is -0.0979. The monoisotopic (exact) mass is 352 g/mol. The molecule has 1 atom stereocenters. The van der Waals surface area contributed by atoms with Crippen molar-refractivity contribution in [3.63, 3.8) is 0 Å². The summed E-state index contributed by atoms with van der Waals surface area (Å²) in [6.45, 7) is 14.1.